The molecule has 1 fully saturated rings. The zero-order valence-electron chi connectivity index (χ0n) is 15.3. The Morgan fingerprint density at radius 3 is 2.69 bits per heavy atom. The van der Waals surface area contributed by atoms with Crippen molar-refractivity contribution in [1.29, 1.82) is 0 Å². The molecular weight excluding hydrogens is 332 g/mol. The lowest BCUT2D eigenvalue weighted by atomic mass is 10.1. The van der Waals surface area contributed by atoms with Crippen LogP contribution in [0.4, 0.5) is 0 Å². The quantitative estimate of drug-likeness (QED) is 0.380. The van der Waals surface area contributed by atoms with Crippen molar-refractivity contribution in [2.45, 2.75) is 51.7 Å². The number of likely N-dealkylation sites (tertiary alicyclic amines) is 1. The fourth-order valence-electron chi connectivity index (χ4n) is 3.03. The number of para-hydroxylation sites is 1. The molecule has 2 amide bonds. The average molecular weight is 360 g/mol. The number of hydrogen-bond acceptors (Lipinski definition) is 5. The lowest BCUT2D eigenvalue weighted by Gasteiger charge is -2.20. The summed E-state index contributed by atoms with van der Waals surface area (Å²) in [6.45, 7) is 3.06. The van der Waals surface area contributed by atoms with E-state index >= 15 is 0 Å². The Bertz CT molecular complexity index is 657. The molecule has 0 saturated carbocycles. The molecular formula is C20H28N2O4. The van der Waals surface area contributed by atoms with Crippen LogP contribution < -0.4 is 10.5 Å². The van der Waals surface area contributed by atoms with Crippen molar-refractivity contribution in [2.75, 3.05) is 13.2 Å². The first-order valence-corrected chi connectivity index (χ1v) is 9.25. The molecule has 1 atom stereocenters. The molecule has 0 spiro atoms. The molecule has 1 aromatic carbocycles. The summed E-state index contributed by atoms with van der Waals surface area (Å²) in [6, 6.07) is 7.37. The van der Waals surface area contributed by atoms with E-state index < -0.39 is 12.1 Å². The van der Waals surface area contributed by atoms with Crippen LogP contribution in [0.15, 0.2) is 29.8 Å². The Balaban J connectivity index is 2.04. The van der Waals surface area contributed by atoms with Gasteiger partial charge in [-0.15, -0.1) is 0 Å². The Hall–Kier alpha value is -2.18. The summed E-state index contributed by atoms with van der Waals surface area (Å²) in [5, 5.41) is 10.3. The van der Waals surface area contributed by atoms with Gasteiger partial charge in [0.15, 0.2) is 0 Å². The van der Waals surface area contributed by atoms with Gasteiger partial charge >= 0.3 is 0 Å². The first kappa shape index (κ1) is 20.1. The van der Waals surface area contributed by atoms with Crippen LogP contribution in [-0.2, 0) is 9.59 Å². The highest BCUT2D eigenvalue weighted by molar-refractivity contribution is 6.15. The number of rotatable bonds is 10. The number of amides is 2. The van der Waals surface area contributed by atoms with Gasteiger partial charge in [-0.05, 0) is 44.9 Å². The number of aliphatic hydroxyl groups is 1. The lowest BCUT2D eigenvalue weighted by molar-refractivity contribution is -0.148. The van der Waals surface area contributed by atoms with Crippen LogP contribution >= 0.6 is 0 Å². The maximum absolute atomic E-state index is 12.6. The normalized spacial score (nSPS) is 17.2. The number of carbonyl (C=O) groups excluding carboxylic acids is 2. The number of nitrogens with two attached hydrogens (primary N) is 1. The fraction of sp³-hybridized carbons (Fsp3) is 0.500. The van der Waals surface area contributed by atoms with Crippen LogP contribution in [0.3, 0.4) is 0 Å². The lowest BCUT2D eigenvalue weighted by Crippen LogP contribution is -2.39. The molecule has 26 heavy (non-hydrogen) atoms. The van der Waals surface area contributed by atoms with Crippen LogP contribution in [0.1, 0.15) is 51.0 Å². The predicted octanol–water partition coefficient (Wildman–Crippen LogP) is 2.46. The van der Waals surface area contributed by atoms with E-state index in [0.29, 0.717) is 30.9 Å². The van der Waals surface area contributed by atoms with E-state index in [4.69, 9.17) is 10.5 Å². The second kappa shape index (κ2) is 10.1. The van der Waals surface area contributed by atoms with Gasteiger partial charge in [0.25, 0.3) is 5.91 Å². The molecule has 1 aliphatic rings. The molecule has 2 rings (SSSR count). The van der Waals surface area contributed by atoms with E-state index in [0.717, 1.165) is 36.1 Å². The Morgan fingerprint density at radius 1 is 1.23 bits per heavy atom. The molecule has 6 nitrogen and oxygen atoms in total. The van der Waals surface area contributed by atoms with E-state index in [1.807, 2.05) is 31.2 Å². The number of imide groups is 1. The van der Waals surface area contributed by atoms with Gasteiger partial charge in [0.05, 0.1) is 13.0 Å². The number of carbonyl (C=O) groups is 2. The number of ether oxygens (including phenoxy) is 1. The molecule has 0 aliphatic carbocycles. The molecule has 3 N–H and O–H groups in total. The van der Waals surface area contributed by atoms with Crippen LogP contribution in [-0.4, -0.2) is 41.2 Å². The molecule has 1 aromatic rings. The smallest absolute Gasteiger partial charge is 0.259 e. The van der Waals surface area contributed by atoms with Gasteiger partial charge in [-0.25, -0.2) is 0 Å². The van der Waals surface area contributed by atoms with Gasteiger partial charge in [0.2, 0.25) is 5.91 Å². The predicted molar refractivity (Wildman–Crippen MR) is 100 cm³/mol. The van der Waals surface area contributed by atoms with E-state index in [1.165, 1.54) is 0 Å². The monoisotopic (exact) mass is 360 g/mol. The van der Waals surface area contributed by atoms with Gasteiger partial charge in [-0.3, -0.25) is 14.5 Å². The highest BCUT2D eigenvalue weighted by Crippen LogP contribution is 2.28. The molecule has 0 radical (unpaired) electrons. The first-order valence-electron chi connectivity index (χ1n) is 9.25. The first-order chi connectivity index (χ1) is 12.6. The molecule has 1 unspecified atom stereocenters. The summed E-state index contributed by atoms with van der Waals surface area (Å²) in [5.41, 5.74) is 6.58. The Labute approximate surface area is 154 Å². The van der Waals surface area contributed by atoms with Gasteiger partial charge in [0.1, 0.15) is 12.0 Å². The summed E-state index contributed by atoms with van der Waals surface area (Å²) in [6.07, 6.45) is 4.63. The van der Waals surface area contributed by atoms with Gasteiger partial charge in [-0.1, -0.05) is 31.0 Å². The minimum absolute atomic E-state index is 0.00350. The largest absolute Gasteiger partial charge is 0.493 e. The van der Waals surface area contributed by atoms with Crippen molar-refractivity contribution in [2.24, 2.45) is 5.73 Å². The maximum Gasteiger partial charge on any atom is 0.259 e. The van der Waals surface area contributed by atoms with Crippen molar-refractivity contribution in [3.05, 3.63) is 35.4 Å². The summed E-state index contributed by atoms with van der Waals surface area (Å²) in [5.74, 6) is -0.109. The summed E-state index contributed by atoms with van der Waals surface area (Å²) in [4.78, 5) is 25.8. The average Bonchev–Trinajstić information content (AvgIpc) is 2.90. The van der Waals surface area contributed by atoms with E-state index in [2.05, 4.69) is 0 Å². The number of unbranched alkanes of at least 4 members (excludes halogenated alkanes) is 3. The van der Waals surface area contributed by atoms with Crippen LogP contribution in [0.5, 0.6) is 5.75 Å². The van der Waals surface area contributed by atoms with Gasteiger partial charge in [0, 0.05) is 11.1 Å². The number of hydrogen-bond donors (Lipinski definition) is 2. The third-order valence-electron chi connectivity index (χ3n) is 4.37. The van der Waals surface area contributed by atoms with Crippen molar-refractivity contribution in [1.82, 2.24) is 4.90 Å². The topological polar surface area (TPSA) is 92.9 Å². The minimum Gasteiger partial charge on any atom is -0.493 e. The Morgan fingerprint density at radius 2 is 1.96 bits per heavy atom. The van der Waals surface area contributed by atoms with E-state index in [-0.39, 0.29) is 12.3 Å². The van der Waals surface area contributed by atoms with Crippen LogP contribution in [0.25, 0.3) is 6.08 Å². The van der Waals surface area contributed by atoms with Crippen LogP contribution in [0.2, 0.25) is 0 Å². The third kappa shape index (κ3) is 5.16. The molecule has 6 heteroatoms. The second-order valence-corrected chi connectivity index (χ2v) is 6.36. The van der Waals surface area contributed by atoms with Crippen LogP contribution in [0, 0.1) is 0 Å². The molecule has 1 saturated heterocycles. The second-order valence-electron chi connectivity index (χ2n) is 6.36. The third-order valence-corrected chi connectivity index (χ3v) is 4.37. The maximum atomic E-state index is 12.6. The van der Waals surface area contributed by atoms with Crippen molar-refractivity contribution in [3.8, 4) is 5.75 Å². The van der Waals surface area contributed by atoms with Gasteiger partial charge < -0.3 is 15.6 Å². The van der Waals surface area contributed by atoms with E-state index in [1.54, 1.807) is 6.08 Å². The molecule has 0 bridgehead atoms. The van der Waals surface area contributed by atoms with Crippen molar-refractivity contribution < 1.29 is 19.4 Å². The molecule has 1 aliphatic heterocycles. The van der Waals surface area contributed by atoms with Gasteiger partial charge in [-0.2, -0.15) is 0 Å². The molecule has 0 aromatic heterocycles. The zero-order valence-corrected chi connectivity index (χ0v) is 15.3. The summed E-state index contributed by atoms with van der Waals surface area (Å²) < 4.78 is 5.56. The Kier molecular flexibility index (Phi) is 7.81. The fourth-order valence-corrected chi connectivity index (χ4v) is 3.03. The SMILES string of the molecule is CCOc1ccccc1/C=C1\CC(=O)N(C(O)CCCCCCN)C1=O. The molecule has 142 valence electrons. The minimum atomic E-state index is -1.07. The highest BCUT2D eigenvalue weighted by atomic mass is 16.5. The summed E-state index contributed by atoms with van der Waals surface area (Å²) >= 11 is 0. The highest BCUT2D eigenvalue weighted by Gasteiger charge is 2.37. The zero-order chi connectivity index (χ0) is 18.9. The van der Waals surface area contributed by atoms with E-state index in [9.17, 15) is 14.7 Å². The van der Waals surface area contributed by atoms with Crippen molar-refractivity contribution in [3.63, 3.8) is 0 Å². The number of nitrogens with zero attached hydrogens (tertiary/aromatic N) is 1. The summed E-state index contributed by atoms with van der Waals surface area (Å²) in [7, 11) is 0. The number of benzene rings is 1. The van der Waals surface area contributed by atoms with Crippen molar-refractivity contribution >= 4 is 17.9 Å². The molecule has 1 heterocycles. The number of aliphatic hydroxyl groups excluding tert-OH is 1. The standard InChI is InChI=1S/C20H28N2O4/c1-2-26-17-10-7-6-9-15(17)13-16-14-19(24)22(20(16)25)18(23)11-5-3-4-8-12-21/h6-7,9-10,13,18,23H,2-5,8,11-12,14,21H2,1H3/b16-13+.